The molecule has 1 aliphatic heterocycles. The average Bonchev–Trinajstić information content (AvgIpc) is 3.12. The van der Waals surface area contributed by atoms with Gasteiger partial charge in [-0.1, -0.05) is 0 Å². The minimum Gasteiger partial charge on any atom is -0.480 e. The number of aliphatic hydroxyl groups is 1. The van der Waals surface area contributed by atoms with Crippen LogP contribution in [0.25, 0.3) is 0 Å². The zero-order valence-electron chi connectivity index (χ0n) is 15.5. The van der Waals surface area contributed by atoms with E-state index < -0.39 is 54.5 Å². The number of aliphatic carboxylic acids is 1. The van der Waals surface area contributed by atoms with E-state index in [-0.39, 0.29) is 6.54 Å². The molecular formula is C16H28N4O6S. The average molecular weight is 404 g/mol. The molecule has 0 aromatic carbocycles. The summed E-state index contributed by atoms with van der Waals surface area (Å²) < 4.78 is 0. The largest absolute Gasteiger partial charge is 0.480 e. The van der Waals surface area contributed by atoms with Gasteiger partial charge >= 0.3 is 5.97 Å². The van der Waals surface area contributed by atoms with Gasteiger partial charge in [-0.15, -0.1) is 0 Å². The second kappa shape index (κ2) is 11.1. The number of carbonyl (C=O) groups excluding carboxylic acids is 3. The summed E-state index contributed by atoms with van der Waals surface area (Å²) in [6.45, 7) is 0.980. The lowest BCUT2D eigenvalue weighted by atomic mass is 10.1. The molecule has 4 unspecified atom stereocenters. The Bertz CT molecular complexity index is 561. The van der Waals surface area contributed by atoms with Gasteiger partial charge in [0.2, 0.25) is 17.7 Å². The fourth-order valence-electron chi connectivity index (χ4n) is 2.71. The zero-order chi connectivity index (χ0) is 20.6. The van der Waals surface area contributed by atoms with E-state index in [0.29, 0.717) is 25.0 Å². The van der Waals surface area contributed by atoms with Crippen molar-refractivity contribution in [2.45, 2.75) is 50.4 Å². The highest BCUT2D eigenvalue weighted by Gasteiger charge is 2.38. The fraction of sp³-hybridized carbons (Fsp3) is 0.750. The van der Waals surface area contributed by atoms with Crippen molar-refractivity contribution in [2.75, 3.05) is 25.2 Å². The molecular weight excluding hydrogens is 376 g/mol. The fourth-order valence-corrected chi connectivity index (χ4v) is 3.20. The lowest BCUT2D eigenvalue weighted by molar-refractivity contribution is -0.145. The third kappa shape index (κ3) is 6.67. The number of likely N-dealkylation sites (tertiary alicyclic amines) is 1. The van der Waals surface area contributed by atoms with E-state index in [1.807, 2.05) is 6.26 Å². The van der Waals surface area contributed by atoms with Crippen LogP contribution in [-0.2, 0) is 19.2 Å². The number of carboxylic acids is 1. The number of thioether (sulfide) groups is 1. The first-order valence-electron chi connectivity index (χ1n) is 8.72. The van der Waals surface area contributed by atoms with Crippen LogP contribution < -0.4 is 16.4 Å². The van der Waals surface area contributed by atoms with Gasteiger partial charge in [-0.25, -0.2) is 0 Å². The summed E-state index contributed by atoms with van der Waals surface area (Å²) in [6, 6.07) is -3.93. The second-order valence-corrected chi connectivity index (χ2v) is 7.38. The van der Waals surface area contributed by atoms with Gasteiger partial charge in [0.25, 0.3) is 0 Å². The van der Waals surface area contributed by atoms with Crippen molar-refractivity contribution in [3.05, 3.63) is 0 Å². The summed E-state index contributed by atoms with van der Waals surface area (Å²) >= 11 is 1.54. The molecule has 0 bridgehead atoms. The van der Waals surface area contributed by atoms with Gasteiger partial charge in [0.15, 0.2) is 0 Å². The molecule has 11 heteroatoms. The Morgan fingerprint density at radius 2 is 1.96 bits per heavy atom. The van der Waals surface area contributed by atoms with Crippen LogP contribution in [0.15, 0.2) is 0 Å². The number of amides is 3. The van der Waals surface area contributed by atoms with E-state index in [1.54, 1.807) is 0 Å². The molecule has 6 N–H and O–H groups in total. The van der Waals surface area contributed by atoms with Crippen LogP contribution in [0.2, 0.25) is 0 Å². The number of hydrogen-bond acceptors (Lipinski definition) is 7. The van der Waals surface area contributed by atoms with E-state index in [1.165, 1.54) is 23.6 Å². The Morgan fingerprint density at radius 1 is 1.30 bits per heavy atom. The molecule has 0 aromatic heterocycles. The molecule has 154 valence electrons. The van der Waals surface area contributed by atoms with Gasteiger partial charge in [-0.05, 0) is 38.2 Å². The molecule has 0 radical (unpaired) electrons. The maximum Gasteiger partial charge on any atom is 0.325 e. The highest BCUT2D eigenvalue weighted by atomic mass is 32.2. The molecule has 0 spiro atoms. The molecule has 1 saturated heterocycles. The highest BCUT2D eigenvalue weighted by molar-refractivity contribution is 7.98. The van der Waals surface area contributed by atoms with E-state index in [9.17, 15) is 24.3 Å². The predicted molar refractivity (Wildman–Crippen MR) is 100.0 cm³/mol. The van der Waals surface area contributed by atoms with Gasteiger partial charge in [-0.3, -0.25) is 19.2 Å². The summed E-state index contributed by atoms with van der Waals surface area (Å²) in [6.07, 6.45) is 3.25. The minimum atomic E-state index is -1.21. The van der Waals surface area contributed by atoms with Gasteiger partial charge < -0.3 is 31.5 Å². The normalized spacial score (nSPS) is 19.9. The van der Waals surface area contributed by atoms with Crippen LogP contribution in [0.3, 0.4) is 0 Å². The van der Waals surface area contributed by atoms with Crippen molar-refractivity contribution in [1.82, 2.24) is 15.5 Å². The summed E-state index contributed by atoms with van der Waals surface area (Å²) in [5.74, 6) is -2.21. The number of nitrogens with one attached hydrogen (secondary N) is 2. The molecule has 27 heavy (non-hydrogen) atoms. The van der Waals surface area contributed by atoms with Crippen LogP contribution in [0.4, 0.5) is 0 Å². The van der Waals surface area contributed by atoms with Crippen LogP contribution in [0, 0.1) is 0 Å². The van der Waals surface area contributed by atoms with Crippen molar-refractivity contribution >= 4 is 35.5 Å². The van der Waals surface area contributed by atoms with Crippen LogP contribution in [-0.4, -0.2) is 88.1 Å². The summed E-state index contributed by atoms with van der Waals surface area (Å²) in [7, 11) is 0. The molecule has 3 amide bonds. The Morgan fingerprint density at radius 3 is 2.52 bits per heavy atom. The number of rotatable bonds is 10. The van der Waals surface area contributed by atoms with Gasteiger partial charge in [0.05, 0.1) is 12.6 Å². The summed E-state index contributed by atoms with van der Waals surface area (Å²) in [5.41, 5.74) is 5.77. The van der Waals surface area contributed by atoms with E-state index >= 15 is 0 Å². The molecule has 0 aliphatic carbocycles. The molecule has 1 heterocycles. The van der Waals surface area contributed by atoms with Crippen LogP contribution >= 0.6 is 11.8 Å². The molecule has 0 saturated carbocycles. The molecule has 1 rings (SSSR count). The van der Waals surface area contributed by atoms with Crippen molar-refractivity contribution in [1.29, 1.82) is 0 Å². The maximum atomic E-state index is 12.7. The first-order chi connectivity index (χ1) is 12.7. The monoisotopic (exact) mass is 404 g/mol. The van der Waals surface area contributed by atoms with E-state index in [0.717, 1.165) is 0 Å². The van der Waals surface area contributed by atoms with Crippen LogP contribution in [0.5, 0.6) is 0 Å². The molecule has 1 aliphatic rings. The lowest BCUT2D eigenvalue weighted by Crippen LogP contribution is -2.57. The Balaban J connectivity index is 2.74. The van der Waals surface area contributed by atoms with E-state index in [2.05, 4.69) is 10.6 Å². The highest BCUT2D eigenvalue weighted by Crippen LogP contribution is 2.19. The number of nitrogens with two attached hydrogens (primary N) is 1. The Labute approximate surface area is 162 Å². The SMILES string of the molecule is CSCCC(N)C(=O)NC(CO)C(=O)N1CCCC1C(=O)NC(C)C(=O)O. The summed E-state index contributed by atoms with van der Waals surface area (Å²) in [5, 5.41) is 23.2. The smallest absolute Gasteiger partial charge is 0.325 e. The van der Waals surface area contributed by atoms with Crippen LogP contribution in [0.1, 0.15) is 26.2 Å². The van der Waals surface area contributed by atoms with Crippen molar-refractivity contribution < 1.29 is 29.4 Å². The maximum absolute atomic E-state index is 12.7. The van der Waals surface area contributed by atoms with Gasteiger partial charge in [0.1, 0.15) is 18.1 Å². The van der Waals surface area contributed by atoms with Crippen molar-refractivity contribution in [3.63, 3.8) is 0 Å². The first kappa shape index (κ1) is 23.2. The standard InChI is InChI=1S/C16H28N4O6S/c1-9(16(25)26)18-14(23)12-4-3-6-20(12)15(24)11(8-21)19-13(22)10(17)5-7-27-2/h9-12,21H,3-8,17H2,1-2H3,(H,18,23)(H,19,22)(H,25,26). The molecule has 10 nitrogen and oxygen atoms in total. The number of hydrogen-bond donors (Lipinski definition) is 5. The second-order valence-electron chi connectivity index (χ2n) is 6.39. The van der Waals surface area contributed by atoms with Crippen molar-refractivity contribution in [3.8, 4) is 0 Å². The van der Waals surface area contributed by atoms with Gasteiger partial charge in [0, 0.05) is 6.54 Å². The molecule has 0 aromatic rings. The first-order valence-corrected chi connectivity index (χ1v) is 10.1. The quantitative estimate of drug-likeness (QED) is 0.283. The minimum absolute atomic E-state index is 0.281. The Hall–Kier alpha value is -1.85. The third-order valence-electron chi connectivity index (χ3n) is 4.33. The Kier molecular flexibility index (Phi) is 9.53. The topological polar surface area (TPSA) is 162 Å². The zero-order valence-corrected chi connectivity index (χ0v) is 16.3. The predicted octanol–water partition coefficient (Wildman–Crippen LogP) is -1.88. The number of aliphatic hydroxyl groups excluding tert-OH is 1. The number of nitrogens with zero attached hydrogens (tertiary/aromatic N) is 1. The molecule has 1 fully saturated rings. The van der Waals surface area contributed by atoms with E-state index in [4.69, 9.17) is 10.8 Å². The molecule has 4 atom stereocenters. The lowest BCUT2D eigenvalue weighted by Gasteiger charge is -2.28. The third-order valence-corrected chi connectivity index (χ3v) is 4.98. The van der Waals surface area contributed by atoms with Gasteiger partial charge in [-0.2, -0.15) is 11.8 Å². The summed E-state index contributed by atoms with van der Waals surface area (Å²) in [4.78, 5) is 49.2. The number of carbonyl (C=O) groups is 4. The number of carboxylic acid groups (broad SMARTS) is 1. The van der Waals surface area contributed by atoms with Crippen molar-refractivity contribution in [2.24, 2.45) is 5.73 Å².